The van der Waals surface area contributed by atoms with Gasteiger partial charge in [0.05, 0.1) is 18.9 Å². The van der Waals surface area contributed by atoms with Crippen molar-refractivity contribution in [2.45, 2.75) is 18.9 Å². The van der Waals surface area contributed by atoms with E-state index >= 15 is 0 Å². The predicted octanol–water partition coefficient (Wildman–Crippen LogP) is 4.59. The van der Waals surface area contributed by atoms with Crippen molar-refractivity contribution < 1.29 is 4.74 Å². The molecule has 0 bridgehead atoms. The van der Waals surface area contributed by atoms with E-state index in [4.69, 9.17) is 4.74 Å². The van der Waals surface area contributed by atoms with Gasteiger partial charge in [-0.2, -0.15) is 0 Å². The largest absolute Gasteiger partial charge is 0.379 e. The molecule has 2 aliphatic rings. The minimum atomic E-state index is 0. The molecular weight excluding hydrogens is 344 g/mol. The summed E-state index contributed by atoms with van der Waals surface area (Å²) >= 11 is 0. The Hall–Kier alpha value is -1.81. The van der Waals surface area contributed by atoms with Gasteiger partial charge >= 0.3 is 0 Å². The van der Waals surface area contributed by atoms with Gasteiger partial charge < -0.3 is 9.30 Å². The van der Waals surface area contributed by atoms with Crippen LogP contribution in [0.3, 0.4) is 0 Å². The van der Waals surface area contributed by atoms with Gasteiger partial charge in [-0.15, -0.1) is 12.4 Å². The van der Waals surface area contributed by atoms with Gasteiger partial charge in [0.2, 0.25) is 0 Å². The Morgan fingerprint density at radius 3 is 2.50 bits per heavy atom. The van der Waals surface area contributed by atoms with Gasteiger partial charge in [-0.25, -0.2) is 0 Å². The standard InChI is InChI=1S/C22H24N2O.ClH/c1-23-20-9-5-8-17-19(24-12-14-25-15-13-24)11-10-18(21(17)20)22(23)16-6-3-2-4-7-16;/h2-9,19H,10-15H2,1H3;1H. The Morgan fingerprint density at radius 1 is 0.962 bits per heavy atom. The second kappa shape index (κ2) is 7.07. The number of halogens is 1. The number of ether oxygens (including phenoxy) is 1. The number of nitrogens with zero attached hydrogens (tertiary/aromatic N) is 2. The molecule has 1 saturated heterocycles. The third-order valence-corrected chi connectivity index (χ3v) is 5.92. The predicted molar refractivity (Wildman–Crippen MR) is 109 cm³/mol. The van der Waals surface area contributed by atoms with Gasteiger partial charge in [0.15, 0.2) is 0 Å². The summed E-state index contributed by atoms with van der Waals surface area (Å²) < 4.78 is 7.96. The molecule has 1 atom stereocenters. The van der Waals surface area contributed by atoms with Gasteiger partial charge in [-0.3, -0.25) is 4.90 Å². The van der Waals surface area contributed by atoms with Crippen molar-refractivity contribution in [1.29, 1.82) is 0 Å². The number of benzene rings is 2. The van der Waals surface area contributed by atoms with E-state index < -0.39 is 0 Å². The lowest BCUT2D eigenvalue weighted by molar-refractivity contribution is 0.0141. The summed E-state index contributed by atoms with van der Waals surface area (Å²) in [6.07, 6.45) is 2.36. The number of hydrogen-bond donors (Lipinski definition) is 0. The summed E-state index contributed by atoms with van der Waals surface area (Å²) in [5.41, 5.74) is 7.13. The zero-order valence-electron chi connectivity index (χ0n) is 15.1. The first-order valence-electron chi connectivity index (χ1n) is 9.32. The van der Waals surface area contributed by atoms with E-state index in [2.05, 4.69) is 65.0 Å². The van der Waals surface area contributed by atoms with Crippen LogP contribution in [0.2, 0.25) is 0 Å². The average Bonchev–Trinajstić information content (AvgIpc) is 2.97. The third kappa shape index (κ3) is 2.66. The van der Waals surface area contributed by atoms with Crippen molar-refractivity contribution in [3.63, 3.8) is 0 Å². The van der Waals surface area contributed by atoms with Crippen molar-refractivity contribution in [1.82, 2.24) is 9.47 Å². The molecule has 26 heavy (non-hydrogen) atoms. The van der Waals surface area contributed by atoms with Gasteiger partial charge in [-0.05, 0) is 35.6 Å². The molecule has 1 aromatic heterocycles. The van der Waals surface area contributed by atoms with E-state index in [-0.39, 0.29) is 12.4 Å². The molecule has 0 N–H and O–H groups in total. The second-order valence-corrected chi connectivity index (χ2v) is 7.20. The van der Waals surface area contributed by atoms with E-state index in [1.165, 1.54) is 39.7 Å². The van der Waals surface area contributed by atoms with Crippen molar-refractivity contribution >= 4 is 23.3 Å². The van der Waals surface area contributed by atoms with Gasteiger partial charge in [-0.1, -0.05) is 42.5 Å². The third-order valence-electron chi connectivity index (χ3n) is 5.92. The van der Waals surface area contributed by atoms with Crippen molar-refractivity contribution in [2.75, 3.05) is 26.3 Å². The molecule has 4 heteroatoms. The van der Waals surface area contributed by atoms with Crippen LogP contribution in [0.1, 0.15) is 23.6 Å². The fourth-order valence-corrected chi connectivity index (χ4v) is 4.80. The zero-order valence-corrected chi connectivity index (χ0v) is 16.0. The second-order valence-electron chi connectivity index (χ2n) is 7.20. The van der Waals surface area contributed by atoms with Crippen LogP contribution in [0.25, 0.3) is 22.2 Å². The van der Waals surface area contributed by atoms with E-state index in [0.29, 0.717) is 6.04 Å². The van der Waals surface area contributed by atoms with Crippen LogP contribution in [0.4, 0.5) is 0 Å². The normalized spacial score (nSPS) is 20.1. The number of aryl methyl sites for hydroxylation is 2. The molecule has 0 amide bonds. The highest BCUT2D eigenvalue weighted by Crippen LogP contribution is 2.44. The Morgan fingerprint density at radius 2 is 1.73 bits per heavy atom. The van der Waals surface area contributed by atoms with Gasteiger partial charge in [0.1, 0.15) is 0 Å². The summed E-state index contributed by atoms with van der Waals surface area (Å²) in [6.45, 7) is 3.83. The fraction of sp³-hybridized carbons (Fsp3) is 0.364. The first kappa shape index (κ1) is 17.6. The summed E-state index contributed by atoms with van der Waals surface area (Å²) in [7, 11) is 2.22. The summed E-state index contributed by atoms with van der Waals surface area (Å²) in [4.78, 5) is 2.62. The highest BCUT2D eigenvalue weighted by molar-refractivity contribution is 5.95. The van der Waals surface area contributed by atoms with Crippen LogP contribution < -0.4 is 0 Å². The molecule has 1 fully saturated rings. The first-order chi connectivity index (χ1) is 12.3. The molecule has 0 spiro atoms. The van der Waals surface area contributed by atoms with E-state index in [9.17, 15) is 0 Å². The molecule has 3 aromatic rings. The molecule has 5 rings (SSSR count). The molecule has 2 heterocycles. The zero-order chi connectivity index (χ0) is 16.8. The molecule has 0 radical (unpaired) electrons. The fourth-order valence-electron chi connectivity index (χ4n) is 4.80. The van der Waals surface area contributed by atoms with Crippen LogP contribution in [-0.4, -0.2) is 35.8 Å². The smallest absolute Gasteiger partial charge is 0.0594 e. The van der Waals surface area contributed by atoms with E-state index in [1.54, 1.807) is 0 Å². The Balaban J connectivity index is 0.00000168. The summed E-state index contributed by atoms with van der Waals surface area (Å²) in [6, 6.07) is 18.2. The molecule has 136 valence electrons. The molecule has 1 aliphatic heterocycles. The number of morpholine rings is 1. The lowest BCUT2D eigenvalue weighted by atomic mass is 9.86. The van der Waals surface area contributed by atoms with Crippen LogP contribution >= 0.6 is 12.4 Å². The number of aromatic nitrogens is 1. The highest BCUT2D eigenvalue weighted by atomic mass is 35.5. The van der Waals surface area contributed by atoms with Gasteiger partial charge in [0, 0.05) is 37.1 Å². The Kier molecular flexibility index (Phi) is 4.78. The van der Waals surface area contributed by atoms with Crippen LogP contribution in [0, 0.1) is 0 Å². The monoisotopic (exact) mass is 368 g/mol. The summed E-state index contributed by atoms with van der Waals surface area (Å²) in [5.74, 6) is 0. The van der Waals surface area contributed by atoms with E-state index in [0.717, 1.165) is 32.7 Å². The lowest BCUT2D eigenvalue weighted by Crippen LogP contribution is -2.40. The molecule has 3 nitrogen and oxygen atoms in total. The van der Waals surface area contributed by atoms with Gasteiger partial charge in [0.25, 0.3) is 0 Å². The molecule has 1 unspecified atom stereocenters. The van der Waals surface area contributed by atoms with Crippen molar-refractivity contribution in [2.24, 2.45) is 7.05 Å². The minimum absolute atomic E-state index is 0. The van der Waals surface area contributed by atoms with Crippen LogP contribution in [0.15, 0.2) is 48.5 Å². The number of hydrogen-bond acceptors (Lipinski definition) is 2. The molecule has 1 aliphatic carbocycles. The molecular formula is C22H25ClN2O. The summed E-state index contributed by atoms with van der Waals surface area (Å²) in [5, 5.41) is 1.49. The van der Waals surface area contributed by atoms with Crippen LogP contribution in [0.5, 0.6) is 0 Å². The Bertz CT molecular complexity index is 913. The lowest BCUT2D eigenvalue weighted by Gasteiger charge is -2.37. The maximum atomic E-state index is 5.57. The minimum Gasteiger partial charge on any atom is -0.379 e. The SMILES string of the molecule is Cl.Cn1c(-c2ccccc2)c2c3c(cccc31)C(N1CCOCC1)CC2. The average molecular weight is 369 g/mol. The Labute approximate surface area is 161 Å². The van der Waals surface area contributed by atoms with Crippen LogP contribution in [-0.2, 0) is 18.2 Å². The topological polar surface area (TPSA) is 17.4 Å². The maximum Gasteiger partial charge on any atom is 0.0594 e. The maximum absolute atomic E-state index is 5.57. The highest BCUT2D eigenvalue weighted by Gasteiger charge is 2.31. The molecule has 0 saturated carbocycles. The number of rotatable bonds is 2. The van der Waals surface area contributed by atoms with Crippen molar-refractivity contribution in [3.05, 3.63) is 59.7 Å². The first-order valence-corrected chi connectivity index (χ1v) is 9.32. The quantitative estimate of drug-likeness (QED) is 0.658. The van der Waals surface area contributed by atoms with Crippen molar-refractivity contribution in [3.8, 4) is 11.3 Å². The van der Waals surface area contributed by atoms with E-state index in [1.807, 2.05) is 0 Å². The molecule has 2 aromatic carbocycles.